The number of halogens is 2. The van der Waals surface area contributed by atoms with Crippen molar-refractivity contribution in [2.45, 2.75) is 44.2 Å². The fourth-order valence-corrected chi connectivity index (χ4v) is 2.45. The molecular formula is C14H19BrClNO2. The minimum atomic E-state index is -0.549. The number of rotatable bonds is 6. The number of amides is 1. The third-order valence-electron chi connectivity index (χ3n) is 2.55. The fourth-order valence-electron chi connectivity index (χ4n) is 1.70. The molecule has 0 saturated heterocycles. The molecular weight excluding hydrogens is 330 g/mol. The Morgan fingerprint density at radius 2 is 2.11 bits per heavy atom. The smallest absolute Gasteiger partial charge is 0.260 e. The Bertz CT molecular complexity index is 426. The maximum Gasteiger partial charge on any atom is 0.260 e. The predicted molar refractivity (Wildman–Crippen MR) is 82.2 cm³/mol. The molecule has 0 aliphatic carbocycles. The van der Waals surface area contributed by atoms with Gasteiger partial charge in [0, 0.05) is 15.9 Å². The third-order valence-corrected chi connectivity index (χ3v) is 3.15. The number of carbonyl (C=O) groups excluding carboxylic acids is 1. The van der Waals surface area contributed by atoms with E-state index >= 15 is 0 Å². The molecule has 0 spiro atoms. The molecule has 1 aromatic rings. The molecule has 1 rings (SSSR count). The maximum atomic E-state index is 11.9. The number of ether oxygens (including phenoxy) is 1. The van der Waals surface area contributed by atoms with Crippen LogP contribution in [0.2, 0.25) is 5.02 Å². The highest BCUT2D eigenvalue weighted by Crippen LogP contribution is 2.18. The molecule has 19 heavy (non-hydrogen) atoms. The van der Waals surface area contributed by atoms with Gasteiger partial charge in [0.2, 0.25) is 0 Å². The maximum absolute atomic E-state index is 11.9. The Kier molecular flexibility index (Phi) is 6.66. The topological polar surface area (TPSA) is 38.3 Å². The molecule has 1 amide bonds. The quantitative estimate of drug-likeness (QED) is 0.794. The van der Waals surface area contributed by atoms with Crippen LogP contribution in [0.4, 0.5) is 0 Å². The van der Waals surface area contributed by atoms with Crippen molar-refractivity contribution in [2.75, 3.05) is 0 Å². The molecule has 106 valence electrons. The van der Waals surface area contributed by atoms with E-state index in [9.17, 15) is 4.79 Å². The summed E-state index contributed by atoms with van der Waals surface area (Å²) in [5.74, 6) is 0.470. The van der Waals surface area contributed by atoms with Crippen molar-refractivity contribution >= 4 is 33.4 Å². The van der Waals surface area contributed by atoms with Crippen LogP contribution in [-0.4, -0.2) is 22.9 Å². The number of hydrogen-bond acceptors (Lipinski definition) is 2. The minimum Gasteiger partial charge on any atom is -0.481 e. The van der Waals surface area contributed by atoms with Gasteiger partial charge in [0.25, 0.3) is 5.91 Å². The number of carbonyl (C=O) groups is 1. The Hall–Kier alpha value is -0.740. The zero-order valence-corrected chi connectivity index (χ0v) is 13.7. The summed E-state index contributed by atoms with van der Waals surface area (Å²) in [6.07, 6.45) is 0.321. The zero-order valence-electron chi connectivity index (χ0n) is 11.3. The van der Waals surface area contributed by atoms with Crippen LogP contribution in [0.15, 0.2) is 24.3 Å². The predicted octanol–water partition coefficient (Wildman–Crippen LogP) is 3.79. The normalized spacial score (nSPS) is 15.4. The highest BCUT2D eigenvalue weighted by Gasteiger charge is 2.17. The van der Waals surface area contributed by atoms with Crippen LogP contribution in [0.5, 0.6) is 5.75 Å². The summed E-state index contributed by atoms with van der Waals surface area (Å²) in [5.41, 5.74) is 0. The summed E-state index contributed by atoms with van der Waals surface area (Å²) < 4.78 is 5.55. The molecule has 0 bridgehead atoms. The van der Waals surface area contributed by atoms with E-state index < -0.39 is 6.10 Å². The molecule has 1 aromatic carbocycles. The third kappa shape index (κ3) is 6.30. The Balaban J connectivity index is 2.49. The summed E-state index contributed by atoms with van der Waals surface area (Å²) >= 11 is 9.33. The van der Waals surface area contributed by atoms with Crippen LogP contribution in [-0.2, 0) is 4.79 Å². The average molecular weight is 349 g/mol. The first kappa shape index (κ1) is 16.3. The van der Waals surface area contributed by atoms with Crippen LogP contribution >= 0.6 is 27.5 Å². The lowest BCUT2D eigenvalue weighted by atomic mass is 10.2. The van der Waals surface area contributed by atoms with Gasteiger partial charge in [-0.3, -0.25) is 4.79 Å². The zero-order chi connectivity index (χ0) is 14.4. The molecule has 0 aliphatic rings. The second-order valence-corrected chi connectivity index (χ2v) is 6.64. The van der Waals surface area contributed by atoms with Gasteiger partial charge in [0.15, 0.2) is 6.10 Å². The first-order valence-electron chi connectivity index (χ1n) is 6.25. The van der Waals surface area contributed by atoms with Crippen LogP contribution < -0.4 is 10.1 Å². The van der Waals surface area contributed by atoms with E-state index in [1.165, 1.54) is 0 Å². The molecule has 0 radical (unpaired) electrons. The van der Waals surface area contributed by atoms with Gasteiger partial charge in [0.05, 0.1) is 0 Å². The first-order chi connectivity index (χ1) is 8.88. The summed E-state index contributed by atoms with van der Waals surface area (Å²) in [4.78, 5) is 12.3. The van der Waals surface area contributed by atoms with E-state index in [1.807, 2.05) is 6.92 Å². The van der Waals surface area contributed by atoms with Gasteiger partial charge in [-0.1, -0.05) is 40.5 Å². The van der Waals surface area contributed by atoms with E-state index in [0.29, 0.717) is 15.6 Å². The standard InChI is InChI=1S/C14H19BrClNO2/c1-9(15)7-10(2)17-14(18)11(3)19-13-6-4-5-12(16)8-13/h4-6,8-11H,7H2,1-3H3,(H,17,18). The summed E-state index contributed by atoms with van der Waals surface area (Å²) in [6.45, 7) is 5.75. The van der Waals surface area contributed by atoms with Crippen molar-refractivity contribution in [1.29, 1.82) is 0 Å². The molecule has 0 fully saturated rings. The Morgan fingerprint density at radius 3 is 2.68 bits per heavy atom. The van der Waals surface area contributed by atoms with Gasteiger partial charge < -0.3 is 10.1 Å². The largest absolute Gasteiger partial charge is 0.481 e. The van der Waals surface area contributed by atoms with Crippen LogP contribution in [0.25, 0.3) is 0 Å². The lowest BCUT2D eigenvalue weighted by Gasteiger charge is -2.19. The van der Waals surface area contributed by atoms with E-state index in [2.05, 4.69) is 28.2 Å². The van der Waals surface area contributed by atoms with E-state index in [0.717, 1.165) is 6.42 Å². The number of benzene rings is 1. The van der Waals surface area contributed by atoms with Gasteiger partial charge >= 0.3 is 0 Å². The lowest BCUT2D eigenvalue weighted by Crippen LogP contribution is -2.41. The molecule has 0 aliphatic heterocycles. The van der Waals surface area contributed by atoms with Gasteiger partial charge in [-0.2, -0.15) is 0 Å². The molecule has 3 unspecified atom stereocenters. The first-order valence-corrected chi connectivity index (χ1v) is 7.54. The summed E-state index contributed by atoms with van der Waals surface area (Å²) in [5, 5.41) is 3.51. The van der Waals surface area contributed by atoms with E-state index in [4.69, 9.17) is 16.3 Å². The van der Waals surface area contributed by atoms with Crippen LogP contribution in [0.3, 0.4) is 0 Å². The molecule has 0 aromatic heterocycles. The van der Waals surface area contributed by atoms with Gasteiger partial charge in [-0.05, 0) is 38.5 Å². The van der Waals surface area contributed by atoms with Crippen molar-refractivity contribution in [3.63, 3.8) is 0 Å². The van der Waals surface area contributed by atoms with Gasteiger partial charge in [0.1, 0.15) is 5.75 Å². The fraction of sp³-hybridized carbons (Fsp3) is 0.500. The number of alkyl halides is 1. The Morgan fingerprint density at radius 1 is 1.42 bits per heavy atom. The molecule has 3 nitrogen and oxygen atoms in total. The molecule has 1 N–H and O–H groups in total. The SMILES string of the molecule is CC(Br)CC(C)NC(=O)C(C)Oc1cccc(Cl)c1. The second-order valence-electron chi connectivity index (χ2n) is 4.64. The van der Waals surface area contributed by atoms with Gasteiger partial charge in [-0.15, -0.1) is 0 Å². The molecule has 5 heteroatoms. The van der Waals surface area contributed by atoms with Crippen molar-refractivity contribution in [1.82, 2.24) is 5.32 Å². The number of nitrogens with one attached hydrogen (secondary N) is 1. The highest BCUT2D eigenvalue weighted by molar-refractivity contribution is 9.09. The van der Waals surface area contributed by atoms with Crippen molar-refractivity contribution in [3.05, 3.63) is 29.3 Å². The summed E-state index contributed by atoms with van der Waals surface area (Å²) in [6, 6.07) is 7.12. The van der Waals surface area contributed by atoms with Crippen LogP contribution in [0, 0.1) is 0 Å². The van der Waals surface area contributed by atoms with E-state index in [1.54, 1.807) is 31.2 Å². The lowest BCUT2D eigenvalue weighted by molar-refractivity contribution is -0.127. The minimum absolute atomic E-state index is 0.104. The molecule has 3 atom stereocenters. The number of hydrogen-bond donors (Lipinski definition) is 1. The highest BCUT2D eigenvalue weighted by atomic mass is 79.9. The monoisotopic (exact) mass is 347 g/mol. The van der Waals surface area contributed by atoms with Crippen molar-refractivity contribution in [3.8, 4) is 5.75 Å². The molecule has 0 saturated carbocycles. The van der Waals surface area contributed by atoms with Crippen LogP contribution in [0.1, 0.15) is 27.2 Å². The van der Waals surface area contributed by atoms with E-state index in [-0.39, 0.29) is 11.9 Å². The van der Waals surface area contributed by atoms with Crippen molar-refractivity contribution < 1.29 is 9.53 Å². The Labute approximate surface area is 127 Å². The summed E-state index contributed by atoms with van der Waals surface area (Å²) in [7, 11) is 0. The van der Waals surface area contributed by atoms with Crippen molar-refractivity contribution in [2.24, 2.45) is 0 Å². The second kappa shape index (κ2) is 7.75. The van der Waals surface area contributed by atoms with Gasteiger partial charge in [-0.25, -0.2) is 0 Å². The average Bonchev–Trinajstić information content (AvgIpc) is 2.27. The molecule has 0 heterocycles.